The Morgan fingerprint density at radius 2 is 2.40 bits per heavy atom. The first-order chi connectivity index (χ1) is 7.09. The molecule has 1 heterocycles. The molecule has 0 saturated heterocycles. The van der Waals surface area contributed by atoms with Gasteiger partial charge in [-0.3, -0.25) is 0 Å². The van der Waals surface area contributed by atoms with E-state index >= 15 is 0 Å². The zero-order chi connectivity index (χ0) is 11.3. The van der Waals surface area contributed by atoms with Gasteiger partial charge in [-0.2, -0.15) is 11.8 Å². The molecule has 3 nitrogen and oxygen atoms in total. The fourth-order valence-corrected chi connectivity index (χ4v) is 1.51. The van der Waals surface area contributed by atoms with Crippen LogP contribution < -0.4 is 5.32 Å². The van der Waals surface area contributed by atoms with Crippen LogP contribution in [0.1, 0.15) is 13.8 Å². The molecule has 0 aliphatic rings. The maximum Gasteiger partial charge on any atom is 0.203 e. The molecule has 1 aromatic rings. The van der Waals surface area contributed by atoms with Crippen molar-refractivity contribution in [3.05, 3.63) is 25.0 Å². The summed E-state index contributed by atoms with van der Waals surface area (Å²) in [6.45, 7) is 9.84. The molecule has 0 unspecified atom stereocenters. The van der Waals surface area contributed by atoms with Crippen LogP contribution in [0.15, 0.2) is 25.0 Å². The van der Waals surface area contributed by atoms with Crippen LogP contribution >= 0.6 is 11.8 Å². The second-order valence-electron chi connectivity index (χ2n) is 4.01. The molecule has 0 atom stereocenters. The number of hydrogen-bond acceptors (Lipinski definition) is 3. The number of rotatable bonds is 6. The summed E-state index contributed by atoms with van der Waals surface area (Å²) < 4.78 is 2.37. The first-order valence-electron chi connectivity index (χ1n) is 5.00. The number of nitrogens with one attached hydrogen (secondary N) is 1. The third kappa shape index (κ3) is 3.63. The van der Waals surface area contributed by atoms with Crippen LogP contribution in [-0.4, -0.2) is 27.1 Å². The van der Waals surface area contributed by atoms with Crippen molar-refractivity contribution in [2.75, 3.05) is 18.1 Å². The maximum atomic E-state index is 4.27. The van der Waals surface area contributed by atoms with Gasteiger partial charge in [0.05, 0.1) is 0 Å². The van der Waals surface area contributed by atoms with Gasteiger partial charge in [-0.25, -0.2) is 4.98 Å². The third-order valence-corrected chi connectivity index (χ3v) is 3.46. The van der Waals surface area contributed by atoms with Gasteiger partial charge in [-0.05, 0) is 20.1 Å². The van der Waals surface area contributed by atoms with Crippen molar-refractivity contribution in [2.45, 2.75) is 25.1 Å². The minimum Gasteiger partial charge on any atom is -0.352 e. The Labute approximate surface area is 96.0 Å². The quantitative estimate of drug-likeness (QED) is 0.755. The Balaban J connectivity index is 2.68. The van der Waals surface area contributed by atoms with E-state index in [9.17, 15) is 0 Å². The zero-order valence-corrected chi connectivity index (χ0v) is 10.5. The molecular formula is C11H19N3S. The van der Waals surface area contributed by atoms with E-state index < -0.39 is 0 Å². The first kappa shape index (κ1) is 12.2. The summed E-state index contributed by atoms with van der Waals surface area (Å²) >= 11 is 1.86. The molecule has 0 aromatic carbocycles. The molecule has 0 aliphatic carbocycles. The fourth-order valence-electron chi connectivity index (χ4n) is 1.24. The van der Waals surface area contributed by atoms with Gasteiger partial charge >= 0.3 is 0 Å². The zero-order valence-electron chi connectivity index (χ0n) is 9.66. The maximum absolute atomic E-state index is 4.27. The van der Waals surface area contributed by atoms with Crippen LogP contribution in [0, 0.1) is 0 Å². The highest BCUT2D eigenvalue weighted by molar-refractivity contribution is 7.99. The van der Waals surface area contributed by atoms with Crippen molar-refractivity contribution in [1.82, 2.24) is 9.55 Å². The molecule has 1 rings (SSSR count). The van der Waals surface area contributed by atoms with E-state index in [1.54, 1.807) is 0 Å². The number of imidazole rings is 1. The summed E-state index contributed by atoms with van der Waals surface area (Å²) in [4.78, 5) is 4.27. The van der Waals surface area contributed by atoms with E-state index in [0.29, 0.717) is 0 Å². The van der Waals surface area contributed by atoms with E-state index in [2.05, 4.69) is 41.6 Å². The highest BCUT2D eigenvalue weighted by Crippen LogP contribution is 2.24. The summed E-state index contributed by atoms with van der Waals surface area (Å²) in [6.07, 6.45) is 7.79. The second-order valence-corrected chi connectivity index (χ2v) is 5.53. The van der Waals surface area contributed by atoms with Gasteiger partial charge in [0.15, 0.2) is 0 Å². The van der Waals surface area contributed by atoms with Gasteiger partial charge in [0.2, 0.25) is 5.95 Å². The van der Waals surface area contributed by atoms with E-state index in [4.69, 9.17) is 0 Å². The molecule has 0 aliphatic heterocycles. The van der Waals surface area contributed by atoms with Crippen LogP contribution in [0.2, 0.25) is 0 Å². The Hall–Kier alpha value is -0.900. The molecule has 15 heavy (non-hydrogen) atoms. The SMILES string of the molecule is C=CCNc1nccn1CC(C)(C)SC. The molecule has 0 amide bonds. The Morgan fingerprint density at radius 1 is 1.67 bits per heavy atom. The minimum atomic E-state index is 0.227. The van der Waals surface area contributed by atoms with Gasteiger partial charge in [0.1, 0.15) is 0 Å². The van der Waals surface area contributed by atoms with E-state index in [-0.39, 0.29) is 4.75 Å². The van der Waals surface area contributed by atoms with Gasteiger partial charge in [-0.1, -0.05) is 6.08 Å². The first-order valence-corrected chi connectivity index (χ1v) is 6.22. The summed E-state index contributed by atoms with van der Waals surface area (Å²) in [7, 11) is 0. The monoisotopic (exact) mass is 225 g/mol. The van der Waals surface area contributed by atoms with Crippen LogP contribution in [0.25, 0.3) is 0 Å². The lowest BCUT2D eigenvalue weighted by Crippen LogP contribution is -2.23. The predicted octanol–water partition coefficient (Wildman–Crippen LogP) is 2.62. The van der Waals surface area contributed by atoms with Crippen LogP contribution in [0.5, 0.6) is 0 Å². The molecule has 0 fully saturated rings. The second kappa shape index (κ2) is 5.26. The van der Waals surface area contributed by atoms with Crippen LogP contribution in [-0.2, 0) is 6.54 Å². The average molecular weight is 225 g/mol. The molecule has 0 saturated carbocycles. The molecule has 84 valence electrons. The van der Waals surface area contributed by atoms with Crippen molar-refractivity contribution in [2.24, 2.45) is 0 Å². The Bertz CT molecular complexity index is 317. The van der Waals surface area contributed by atoms with Crippen molar-refractivity contribution >= 4 is 17.7 Å². The van der Waals surface area contributed by atoms with Gasteiger partial charge in [-0.15, -0.1) is 6.58 Å². The largest absolute Gasteiger partial charge is 0.352 e. The summed E-state index contributed by atoms with van der Waals surface area (Å²) in [5.41, 5.74) is 0. The van der Waals surface area contributed by atoms with Gasteiger partial charge < -0.3 is 9.88 Å². The number of nitrogens with zero attached hydrogens (tertiary/aromatic N) is 2. The Kier molecular flexibility index (Phi) is 4.27. The fraction of sp³-hybridized carbons (Fsp3) is 0.545. The highest BCUT2D eigenvalue weighted by Gasteiger charge is 2.17. The standard InChI is InChI=1S/C11H19N3S/c1-5-6-12-10-13-7-8-14(10)9-11(2,3)15-4/h5,7-8H,1,6,9H2,2-4H3,(H,12,13). The number of anilines is 1. The smallest absolute Gasteiger partial charge is 0.203 e. The number of thioether (sulfide) groups is 1. The predicted molar refractivity (Wildman–Crippen MR) is 68.5 cm³/mol. The van der Waals surface area contributed by atoms with Gasteiger partial charge in [0.25, 0.3) is 0 Å². The summed E-state index contributed by atoms with van der Waals surface area (Å²) in [5.74, 6) is 0.914. The topological polar surface area (TPSA) is 29.9 Å². The lowest BCUT2D eigenvalue weighted by Gasteiger charge is -2.23. The molecule has 0 radical (unpaired) electrons. The molecule has 1 aromatic heterocycles. The lowest BCUT2D eigenvalue weighted by atomic mass is 10.2. The van der Waals surface area contributed by atoms with Crippen molar-refractivity contribution in [3.8, 4) is 0 Å². The highest BCUT2D eigenvalue weighted by atomic mass is 32.2. The van der Waals surface area contributed by atoms with Crippen LogP contribution in [0.4, 0.5) is 5.95 Å². The lowest BCUT2D eigenvalue weighted by molar-refractivity contribution is 0.572. The molecule has 1 N–H and O–H groups in total. The van der Waals surface area contributed by atoms with Gasteiger partial charge in [0, 0.05) is 30.2 Å². The molecule has 0 bridgehead atoms. The third-order valence-electron chi connectivity index (χ3n) is 2.22. The van der Waals surface area contributed by atoms with Crippen molar-refractivity contribution in [1.29, 1.82) is 0 Å². The summed E-state index contributed by atoms with van der Waals surface area (Å²) in [5, 5.41) is 3.21. The number of hydrogen-bond donors (Lipinski definition) is 1. The van der Waals surface area contributed by atoms with E-state index in [1.165, 1.54) is 0 Å². The molecule has 4 heteroatoms. The minimum absolute atomic E-state index is 0.227. The summed E-state index contributed by atoms with van der Waals surface area (Å²) in [6, 6.07) is 0. The normalized spacial score (nSPS) is 11.4. The molecule has 0 spiro atoms. The van der Waals surface area contributed by atoms with E-state index in [0.717, 1.165) is 19.0 Å². The molecular weight excluding hydrogens is 206 g/mol. The number of aromatic nitrogens is 2. The Morgan fingerprint density at radius 3 is 3.00 bits per heavy atom. The van der Waals surface area contributed by atoms with Crippen molar-refractivity contribution in [3.63, 3.8) is 0 Å². The average Bonchev–Trinajstić information content (AvgIpc) is 2.62. The van der Waals surface area contributed by atoms with Crippen LogP contribution in [0.3, 0.4) is 0 Å². The van der Waals surface area contributed by atoms with E-state index in [1.807, 2.05) is 30.2 Å². The van der Waals surface area contributed by atoms with Crippen molar-refractivity contribution < 1.29 is 0 Å².